The van der Waals surface area contributed by atoms with Gasteiger partial charge in [0.05, 0.1) is 11.0 Å². The summed E-state index contributed by atoms with van der Waals surface area (Å²) in [7, 11) is 0. The predicted molar refractivity (Wildman–Crippen MR) is 112 cm³/mol. The van der Waals surface area contributed by atoms with E-state index in [1.54, 1.807) is 18.2 Å². The molecule has 0 fully saturated rings. The Kier molecular flexibility index (Phi) is 6.82. The first-order valence-corrected chi connectivity index (χ1v) is 8.97. The van der Waals surface area contributed by atoms with Gasteiger partial charge in [-0.3, -0.25) is 20.2 Å². The van der Waals surface area contributed by atoms with E-state index in [9.17, 15) is 20.2 Å². The molecule has 2 unspecified atom stereocenters. The summed E-state index contributed by atoms with van der Waals surface area (Å²) < 4.78 is 0.651. The molecule has 0 saturated heterocycles. The van der Waals surface area contributed by atoms with Crippen LogP contribution in [0.4, 0.5) is 11.4 Å². The van der Waals surface area contributed by atoms with Crippen molar-refractivity contribution in [3.63, 3.8) is 0 Å². The van der Waals surface area contributed by atoms with Gasteiger partial charge in [0.25, 0.3) is 11.7 Å². The Bertz CT molecular complexity index is 1030. The number of nitrogen functional groups attached to an aromatic ring is 1. The van der Waals surface area contributed by atoms with Gasteiger partial charge in [0.2, 0.25) is 0 Å². The smallest absolute Gasteiger partial charge is 0.293 e. The Hall–Kier alpha value is -3.55. The summed E-state index contributed by atoms with van der Waals surface area (Å²) in [5.41, 5.74) is 11.1. The molecule has 1 aliphatic rings. The maximum Gasteiger partial charge on any atom is 0.293 e. The van der Waals surface area contributed by atoms with E-state index < -0.39 is 21.4 Å². The summed E-state index contributed by atoms with van der Waals surface area (Å²) in [6.45, 7) is 0. The lowest BCUT2D eigenvalue weighted by Crippen LogP contribution is -2.52. The number of hydrogen-bond acceptors (Lipinski definition) is 7. The highest BCUT2D eigenvalue weighted by atomic mass is 79.9. The summed E-state index contributed by atoms with van der Waals surface area (Å²) in [6.07, 6.45) is 4.47. The van der Waals surface area contributed by atoms with E-state index >= 15 is 0 Å². The SMILES string of the molecule is N#CC1(N)C=CC(c2ccccc2)=CC1[N+](=O)[O-].Nc1ccc(Br)cc1[N+](=O)[O-]. The van der Waals surface area contributed by atoms with Gasteiger partial charge in [0.1, 0.15) is 5.69 Å². The minimum absolute atomic E-state index is 0.0700. The zero-order valence-electron chi connectivity index (χ0n) is 14.9. The van der Waals surface area contributed by atoms with E-state index in [-0.39, 0.29) is 11.4 Å². The second-order valence-corrected chi connectivity index (χ2v) is 6.97. The average molecular weight is 458 g/mol. The molecule has 2 aromatic rings. The molecule has 2 aromatic carbocycles. The number of nitriles is 1. The number of anilines is 1. The van der Waals surface area contributed by atoms with Gasteiger partial charge in [0.15, 0.2) is 5.54 Å². The molecular formula is C19H16BrN5O4. The average Bonchev–Trinajstić information content (AvgIpc) is 2.71. The maximum atomic E-state index is 11.0. The van der Waals surface area contributed by atoms with Crippen LogP contribution in [0.2, 0.25) is 0 Å². The molecular weight excluding hydrogens is 442 g/mol. The highest BCUT2D eigenvalue weighted by Crippen LogP contribution is 2.27. The predicted octanol–water partition coefficient (Wildman–Crippen LogP) is 3.45. The van der Waals surface area contributed by atoms with Crippen molar-refractivity contribution < 1.29 is 9.85 Å². The van der Waals surface area contributed by atoms with Crippen LogP contribution in [0.5, 0.6) is 0 Å². The van der Waals surface area contributed by atoms with Crippen LogP contribution >= 0.6 is 15.9 Å². The van der Waals surface area contributed by atoms with Crippen LogP contribution in [0.3, 0.4) is 0 Å². The van der Waals surface area contributed by atoms with Gasteiger partial charge in [0, 0.05) is 21.5 Å². The standard InChI is InChI=1S/C13H11N3O2.C6H5BrN2O2/c14-9-13(15)7-6-11(8-12(13)16(17)18)10-4-2-1-3-5-10;7-4-1-2-5(8)6(3-4)9(10)11/h1-8,12H,15H2;1-3H,8H2. The van der Waals surface area contributed by atoms with Gasteiger partial charge in [-0.05, 0) is 29.3 Å². The zero-order valence-corrected chi connectivity index (χ0v) is 16.5. The van der Waals surface area contributed by atoms with E-state index in [0.29, 0.717) is 10.0 Å². The molecule has 0 saturated carbocycles. The van der Waals surface area contributed by atoms with Crippen molar-refractivity contribution >= 4 is 32.9 Å². The molecule has 1 aliphatic carbocycles. The van der Waals surface area contributed by atoms with Crippen molar-refractivity contribution in [1.29, 1.82) is 5.26 Å². The number of benzene rings is 2. The minimum Gasteiger partial charge on any atom is -0.393 e. The number of rotatable bonds is 3. The number of allylic oxidation sites excluding steroid dienone is 2. The van der Waals surface area contributed by atoms with Crippen LogP contribution < -0.4 is 11.5 Å². The molecule has 2 atom stereocenters. The van der Waals surface area contributed by atoms with E-state index in [1.165, 1.54) is 24.3 Å². The van der Waals surface area contributed by atoms with Crippen LogP contribution in [0, 0.1) is 31.6 Å². The van der Waals surface area contributed by atoms with Gasteiger partial charge in [-0.25, -0.2) is 0 Å². The topological polar surface area (TPSA) is 162 Å². The van der Waals surface area contributed by atoms with Crippen LogP contribution in [-0.4, -0.2) is 21.4 Å². The van der Waals surface area contributed by atoms with Crippen LogP contribution in [0.1, 0.15) is 5.56 Å². The van der Waals surface area contributed by atoms with Crippen LogP contribution in [-0.2, 0) is 0 Å². The highest BCUT2D eigenvalue weighted by Gasteiger charge is 2.43. The van der Waals surface area contributed by atoms with Gasteiger partial charge in [-0.2, -0.15) is 5.26 Å². The normalized spacial score (nSPS) is 19.9. The Morgan fingerprint density at radius 1 is 1.14 bits per heavy atom. The molecule has 0 radical (unpaired) electrons. The Balaban J connectivity index is 0.000000234. The Labute approximate surface area is 174 Å². The second-order valence-electron chi connectivity index (χ2n) is 6.06. The fourth-order valence-corrected chi connectivity index (χ4v) is 2.88. The van der Waals surface area contributed by atoms with Crippen molar-refractivity contribution in [2.24, 2.45) is 5.73 Å². The van der Waals surface area contributed by atoms with Gasteiger partial charge in [-0.15, -0.1) is 0 Å². The van der Waals surface area contributed by atoms with Gasteiger partial charge in [-0.1, -0.05) is 52.3 Å². The summed E-state index contributed by atoms with van der Waals surface area (Å²) in [5, 5.41) is 30.2. The molecule has 0 bridgehead atoms. The largest absolute Gasteiger partial charge is 0.393 e. The Morgan fingerprint density at radius 3 is 2.31 bits per heavy atom. The monoisotopic (exact) mass is 457 g/mol. The first-order valence-electron chi connectivity index (χ1n) is 8.17. The summed E-state index contributed by atoms with van der Waals surface area (Å²) >= 11 is 3.10. The number of halogens is 1. The van der Waals surface area contributed by atoms with Crippen molar-refractivity contribution in [1.82, 2.24) is 0 Å². The number of nitro groups is 2. The second kappa shape index (κ2) is 9.09. The van der Waals surface area contributed by atoms with E-state index in [1.807, 2.05) is 30.3 Å². The lowest BCUT2D eigenvalue weighted by atomic mass is 9.84. The van der Waals surface area contributed by atoms with Crippen LogP contribution in [0.25, 0.3) is 5.57 Å². The van der Waals surface area contributed by atoms with E-state index in [2.05, 4.69) is 15.9 Å². The van der Waals surface area contributed by atoms with E-state index in [4.69, 9.17) is 16.7 Å². The fourth-order valence-electron chi connectivity index (χ4n) is 2.53. The maximum absolute atomic E-state index is 11.0. The lowest BCUT2D eigenvalue weighted by Gasteiger charge is -2.23. The molecule has 0 heterocycles. The molecule has 0 aromatic heterocycles. The molecule has 4 N–H and O–H groups in total. The molecule has 148 valence electrons. The summed E-state index contributed by atoms with van der Waals surface area (Å²) in [5.74, 6) is 0. The number of nitro benzene ring substituents is 1. The quantitative estimate of drug-likeness (QED) is 0.404. The van der Waals surface area contributed by atoms with Gasteiger partial charge < -0.3 is 11.5 Å². The number of hydrogen-bond donors (Lipinski definition) is 2. The highest BCUT2D eigenvalue weighted by molar-refractivity contribution is 9.10. The number of nitrogens with zero attached hydrogens (tertiary/aromatic N) is 3. The molecule has 3 rings (SSSR count). The van der Waals surface area contributed by atoms with Crippen LogP contribution in [0.15, 0.2) is 71.2 Å². The third-order valence-corrected chi connectivity index (χ3v) is 4.58. The molecule has 29 heavy (non-hydrogen) atoms. The summed E-state index contributed by atoms with van der Waals surface area (Å²) in [6, 6.07) is 14.3. The van der Waals surface area contributed by atoms with Gasteiger partial charge >= 0.3 is 0 Å². The lowest BCUT2D eigenvalue weighted by molar-refractivity contribution is -0.514. The molecule has 0 amide bonds. The minimum atomic E-state index is -1.58. The van der Waals surface area contributed by atoms with Crippen molar-refractivity contribution in [2.45, 2.75) is 11.6 Å². The Morgan fingerprint density at radius 2 is 1.79 bits per heavy atom. The van der Waals surface area contributed by atoms with Crippen molar-refractivity contribution in [3.05, 3.63) is 97.0 Å². The fraction of sp³-hybridized carbons (Fsp3) is 0.105. The molecule has 10 heteroatoms. The first-order chi connectivity index (χ1) is 13.7. The van der Waals surface area contributed by atoms with Crippen molar-refractivity contribution in [3.8, 4) is 6.07 Å². The molecule has 0 spiro atoms. The molecule has 0 aliphatic heterocycles. The molecule has 9 nitrogen and oxygen atoms in total. The first kappa shape index (κ1) is 21.7. The van der Waals surface area contributed by atoms with Crippen molar-refractivity contribution in [2.75, 3.05) is 5.73 Å². The van der Waals surface area contributed by atoms with E-state index in [0.717, 1.165) is 5.56 Å². The third-order valence-electron chi connectivity index (χ3n) is 4.08. The third kappa shape index (κ3) is 5.25. The zero-order chi connectivity index (χ0) is 21.6. The summed E-state index contributed by atoms with van der Waals surface area (Å²) in [4.78, 5) is 20.2. The number of nitrogens with two attached hydrogens (primary N) is 2.